The molecule has 306 valence electrons. The van der Waals surface area contributed by atoms with Gasteiger partial charge in [-0.3, -0.25) is 20.2 Å². The second-order valence-corrected chi connectivity index (χ2v) is 16.3. The number of rotatable bonds is 10. The molecule has 0 bridgehead atoms. The molecule has 0 fully saturated rings. The van der Waals surface area contributed by atoms with Gasteiger partial charge < -0.3 is 28.7 Å². The zero-order valence-electron chi connectivity index (χ0n) is 34.4. The number of benzene rings is 5. The van der Waals surface area contributed by atoms with Crippen molar-refractivity contribution in [2.24, 2.45) is 0 Å². The van der Waals surface area contributed by atoms with Crippen LogP contribution in [0, 0.1) is 20.2 Å². The van der Waals surface area contributed by atoms with Gasteiger partial charge in [-0.05, 0) is 85.4 Å². The minimum absolute atomic E-state index is 0.0655. The Labute approximate surface area is 348 Å². The van der Waals surface area contributed by atoms with Gasteiger partial charge in [0.1, 0.15) is 0 Å². The van der Waals surface area contributed by atoms with Crippen molar-refractivity contribution in [2.75, 3.05) is 24.0 Å². The second kappa shape index (κ2) is 13.9. The lowest BCUT2D eigenvalue weighted by Crippen LogP contribution is -2.60. The van der Waals surface area contributed by atoms with Gasteiger partial charge >= 0.3 is 0 Å². The van der Waals surface area contributed by atoms with Gasteiger partial charge in [-0.2, -0.15) is 0 Å². The van der Waals surface area contributed by atoms with Crippen molar-refractivity contribution in [3.63, 3.8) is 0 Å². The predicted molar refractivity (Wildman–Crippen MR) is 231 cm³/mol. The van der Waals surface area contributed by atoms with Crippen LogP contribution in [0.5, 0.6) is 23.0 Å². The van der Waals surface area contributed by atoms with Crippen molar-refractivity contribution >= 4 is 34.9 Å². The molecular weight excluding hydrogens is 761 g/mol. The number of nitrogens with zero attached hydrogens (tertiary/aromatic N) is 4. The van der Waals surface area contributed by atoms with Crippen LogP contribution in [0.15, 0.2) is 109 Å². The summed E-state index contributed by atoms with van der Waals surface area (Å²) in [6, 6.07) is 31.3. The number of methoxy groups -OCH3 is 2. The van der Waals surface area contributed by atoms with Gasteiger partial charge in [-0.25, -0.2) is 0 Å². The first-order chi connectivity index (χ1) is 28.9. The van der Waals surface area contributed by atoms with Gasteiger partial charge in [0.15, 0.2) is 23.0 Å². The summed E-state index contributed by atoms with van der Waals surface area (Å²) in [5.74, 6) is 1.55. The maximum atomic E-state index is 11.8. The van der Waals surface area contributed by atoms with E-state index in [1.165, 1.54) is 38.5 Å². The molecule has 0 aliphatic carbocycles. The molecular formula is C48H46N4O8. The third kappa shape index (κ3) is 5.35. The molecule has 60 heavy (non-hydrogen) atoms. The van der Waals surface area contributed by atoms with E-state index in [0.29, 0.717) is 47.2 Å². The molecule has 0 aromatic heterocycles. The zero-order chi connectivity index (χ0) is 42.2. The Morgan fingerprint density at radius 2 is 0.983 bits per heavy atom. The number of fused-ring (bicyclic) bond motifs is 4. The number of anilines is 2. The molecule has 0 saturated carbocycles. The van der Waals surface area contributed by atoms with Crippen LogP contribution >= 0.6 is 0 Å². The lowest BCUT2D eigenvalue weighted by atomic mass is 9.72. The minimum atomic E-state index is -0.973. The van der Waals surface area contributed by atoms with E-state index in [1.807, 2.05) is 36.4 Å². The maximum Gasteiger partial charge on any atom is 0.274 e. The first-order valence-corrected chi connectivity index (χ1v) is 20.2. The average molecular weight is 807 g/mol. The third-order valence-electron chi connectivity index (χ3n) is 13.6. The summed E-state index contributed by atoms with van der Waals surface area (Å²) in [5.41, 5.74) is 4.66. The van der Waals surface area contributed by atoms with E-state index in [2.05, 4.69) is 98.2 Å². The molecule has 4 atom stereocenters. The Morgan fingerprint density at radius 1 is 0.600 bits per heavy atom. The number of nitro groups is 2. The van der Waals surface area contributed by atoms with Crippen molar-refractivity contribution < 1.29 is 28.8 Å². The van der Waals surface area contributed by atoms with Crippen LogP contribution < -0.4 is 28.7 Å². The Morgan fingerprint density at radius 3 is 1.33 bits per heavy atom. The molecule has 0 saturated heterocycles. The number of para-hydroxylation sites is 2. The topological polar surface area (TPSA) is 130 Å². The van der Waals surface area contributed by atoms with Crippen molar-refractivity contribution in [3.05, 3.63) is 163 Å². The number of ether oxygens (including phenoxy) is 4. The highest BCUT2D eigenvalue weighted by molar-refractivity contribution is 5.77. The van der Waals surface area contributed by atoms with Crippen LogP contribution in [0.4, 0.5) is 22.7 Å². The Hall–Kier alpha value is -6.82. The van der Waals surface area contributed by atoms with Crippen molar-refractivity contribution in [1.82, 2.24) is 0 Å². The molecule has 2 spiro atoms. The molecule has 4 heterocycles. The van der Waals surface area contributed by atoms with E-state index in [4.69, 9.17) is 18.9 Å². The highest BCUT2D eigenvalue weighted by atomic mass is 16.6. The predicted octanol–water partition coefficient (Wildman–Crippen LogP) is 10.5. The van der Waals surface area contributed by atoms with Crippen LogP contribution in [0.2, 0.25) is 0 Å². The molecule has 4 aliphatic rings. The van der Waals surface area contributed by atoms with Gasteiger partial charge in [0, 0.05) is 47.7 Å². The van der Waals surface area contributed by atoms with E-state index >= 15 is 0 Å². The van der Waals surface area contributed by atoms with E-state index in [-0.39, 0.29) is 11.4 Å². The van der Waals surface area contributed by atoms with E-state index in [1.54, 1.807) is 0 Å². The Kier molecular flexibility index (Phi) is 8.96. The summed E-state index contributed by atoms with van der Waals surface area (Å²) in [6.45, 7) is 9.78. The molecule has 9 rings (SSSR count). The summed E-state index contributed by atoms with van der Waals surface area (Å²) >= 11 is 0. The normalized spacial score (nSPS) is 24.0. The van der Waals surface area contributed by atoms with E-state index in [0.717, 1.165) is 46.5 Å². The fraction of sp³-hybridized carbons (Fsp3) is 0.292. The first-order valence-electron chi connectivity index (χ1n) is 20.2. The molecule has 12 heteroatoms. The van der Waals surface area contributed by atoms with Crippen molar-refractivity contribution in [1.29, 1.82) is 0 Å². The lowest BCUT2D eigenvalue weighted by Gasteiger charge is -2.48. The second-order valence-electron chi connectivity index (χ2n) is 16.3. The zero-order valence-corrected chi connectivity index (χ0v) is 34.4. The van der Waals surface area contributed by atoms with Gasteiger partial charge in [0.05, 0.1) is 47.0 Å². The largest absolute Gasteiger partial charge is 0.493 e. The van der Waals surface area contributed by atoms with Crippen LogP contribution in [0.25, 0.3) is 12.2 Å². The van der Waals surface area contributed by atoms with Crippen LogP contribution in [0.1, 0.15) is 73.9 Å². The molecule has 5 aromatic rings. The van der Waals surface area contributed by atoms with Crippen LogP contribution in [0.3, 0.4) is 0 Å². The number of hydrogen-bond acceptors (Lipinski definition) is 10. The smallest absolute Gasteiger partial charge is 0.274 e. The number of nitro benzene ring substituents is 2. The molecule has 4 unspecified atom stereocenters. The van der Waals surface area contributed by atoms with Gasteiger partial charge in [0.25, 0.3) is 11.4 Å². The highest BCUT2D eigenvalue weighted by Crippen LogP contribution is 2.60. The summed E-state index contributed by atoms with van der Waals surface area (Å²) in [6.07, 6.45) is 9.47. The molecule has 4 aliphatic heterocycles. The van der Waals surface area contributed by atoms with E-state index < -0.39 is 32.1 Å². The minimum Gasteiger partial charge on any atom is -0.493 e. The summed E-state index contributed by atoms with van der Waals surface area (Å²) in [5, 5.41) is 23.6. The fourth-order valence-electron chi connectivity index (χ4n) is 9.96. The Balaban J connectivity index is 1.08. The van der Waals surface area contributed by atoms with Gasteiger partial charge in [-0.1, -0.05) is 74.5 Å². The number of non-ortho nitro benzene ring substituents is 2. The van der Waals surface area contributed by atoms with Crippen molar-refractivity contribution in [2.45, 2.75) is 75.9 Å². The molecule has 0 radical (unpaired) electrons. The SMILES string of the molecule is CCC1(C)c2ccccc2N(Cc2ccc(CN3c4ccccc4C(C)(CC)C34C=Cc3cc([N+](=O)[O-])cc(OC)c3O4)cc2)C12C=Cc1cc([N+](=O)[O-])cc(OC)c1O2. The maximum absolute atomic E-state index is 11.8. The summed E-state index contributed by atoms with van der Waals surface area (Å²) in [7, 11) is 3.00. The van der Waals surface area contributed by atoms with Gasteiger partial charge in [-0.15, -0.1) is 0 Å². The third-order valence-corrected chi connectivity index (χ3v) is 13.6. The molecule has 0 amide bonds. The molecule has 5 aromatic carbocycles. The highest BCUT2D eigenvalue weighted by Gasteiger charge is 2.62. The average Bonchev–Trinajstić information content (AvgIpc) is 3.59. The van der Waals surface area contributed by atoms with Gasteiger partial charge in [0.2, 0.25) is 11.4 Å². The number of hydrogen-bond donors (Lipinski definition) is 0. The standard InChI is InChI=1S/C48H46N4O8/c1-7-45(3)37-13-9-11-15-39(37)49(47(45)23-21-33-25-35(51(53)54)27-41(57-5)43(33)59-47)29-31-17-19-32(20-18-31)30-50-40-16-12-10-14-38(40)46(4,8-2)48(50)24-22-34-26-36(52(55)56)28-42(58-6)44(34)60-48/h9-28H,7-8,29-30H2,1-6H3. The molecule has 0 N–H and O–H groups in total. The van der Waals surface area contributed by atoms with Crippen molar-refractivity contribution in [3.8, 4) is 23.0 Å². The Bertz CT molecular complexity index is 2460. The van der Waals surface area contributed by atoms with Crippen LogP contribution in [-0.2, 0) is 23.9 Å². The fourth-order valence-corrected chi connectivity index (χ4v) is 9.96. The van der Waals surface area contributed by atoms with Crippen LogP contribution in [-0.4, -0.2) is 35.5 Å². The first kappa shape index (κ1) is 38.7. The quantitative estimate of drug-likeness (QED) is 0.0993. The molecule has 12 nitrogen and oxygen atoms in total. The summed E-state index contributed by atoms with van der Waals surface area (Å²) < 4.78 is 25.7. The monoisotopic (exact) mass is 806 g/mol. The lowest BCUT2D eigenvalue weighted by molar-refractivity contribution is -0.385. The summed E-state index contributed by atoms with van der Waals surface area (Å²) in [4.78, 5) is 27.3. The van der Waals surface area contributed by atoms with E-state index in [9.17, 15) is 20.2 Å².